The number of hydrogen-bond donors (Lipinski definition) is 1. The standard InChI is InChI=1S/C22H27N3O2/c1-4-17-10-5-6-14-25(17)22(27)20-13-8-12-19(23-20)21(26)24-18-11-7-9-15(2)16(18)3/h7-9,11-13,17H,4-6,10,14H2,1-3H3,(H,24,26). The second-order valence-corrected chi connectivity index (χ2v) is 7.17. The molecule has 1 aliphatic rings. The number of aryl methyl sites for hydroxylation is 1. The monoisotopic (exact) mass is 365 g/mol. The molecule has 3 rings (SSSR count). The molecule has 0 spiro atoms. The van der Waals surface area contributed by atoms with Gasteiger partial charge in [0.05, 0.1) is 0 Å². The van der Waals surface area contributed by atoms with Gasteiger partial charge in [0.1, 0.15) is 11.4 Å². The molecule has 1 N–H and O–H groups in total. The van der Waals surface area contributed by atoms with Gasteiger partial charge in [0.15, 0.2) is 0 Å². The van der Waals surface area contributed by atoms with Crippen molar-refractivity contribution in [1.29, 1.82) is 0 Å². The molecule has 0 radical (unpaired) electrons. The molecule has 1 atom stereocenters. The van der Waals surface area contributed by atoms with Crippen molar-refractivity contribution in [2.75, 3.05) is 11.9 Å². The Hall–Kier alpha value is -2.69. The van der Waals surface area contributed by atoms with E-state index in [9.17, 15) is 9.59 Å². The van der Waals surface area contributed by atoms with Gasteiger partial charge in [-0.3, -0.25) is 9.59 Å². The molecule has 27 heavy (non-hydrogen) atoms. The minimum absolute atomic E-state index is 0.0806. The summed E-state index contributed by atoms with van der Waals surface area (Å²) >= 11 is 0. The fourth-order valence-corrected chi connectivity index (χ4v) is 3.59. The van der Waals surface area contributed by atoms with Crippen molar-refractivity contribution in [2.45, 2.75) is 52.5 Å². The zero-order chi connectivity index (χ0) is 19.4. The Bertz CT molecular complexity index is 847. The molecule has 1 unspecified atom stereocenters. The highest BCUT2D eigenvalue weighted by molar-refractivity contribution is 6.04. The number of anilines is 1. The normalized spacial score (nSPS) is 16.9. The Kier molecular flexibility index (Phi) is 5.89. The highest BCUT2D eigenvalue weighted by atomic mass is 16.2. The van der Waals surface area contributed by atoms with E-state index in [0.717, 1.165) is 49.0 Å². The van der Waals surface area contributed by atoms with Gasteiger partial charge in [-0.2, -0.15) is 0 Å². The molecule has 0 bridgehead atoms. The van der Waals surface area contributed by atoms with Gasteiger partial charge in [0.2, 0.25) is 0 Å². The number of amides is 2. The first-order valence-corrected chi connectivity index (χ1v) is 9.67. The molecule has 1 saturated heterocycles. The maximum Gasteiger partial charge on any atom is 0.274 e. The third kappa shape index (κ3) is 4.18. The molecule has 2 amide bonds. The van der Waals surface area contributed by atoms with Gasteiger partial charge in [-0.25, -0.2) is 4.98 Å². The molecule has 5 nitrogen and oxygen atoms in total. The van der Waals surface area contributed by atoms with E-state index in [1.807, 2.05) is 36.9 Å². The lowest BCUT2D eigenvalue weighted by atomic mass is 9.99. The molecule has 2 heterocycles. The lowest BCUT2D eigenvalue weighted by Gasteiger charge is -2.35. The molecule has 142 valence electrons. The average Bonchev–Trinajstić information content (AvgIpc) is 2.71. The summed E-state index contributed by atoms with van der Waals surface area (Å²) in [4.78, 5) is 31.9. The molecular weight excluding hydrogens is 338 g/mol. The van der Waals surface area contributed by atoms with Crippen LogP contribution in [0.2, 0.25) is 0 Å². The summed E-state index contributed by atoms with van der Waals surface area (Å²) in [6.45, 7) is 6.85. The van der Waals surface area contributed by atoms with Gasteiger partial charge in [-0.15, -0.1) is 0 Å². The number of rotatable bonds is 4. The molecule has 1 fully saturated rings. The number of likely N-dealkylation sites (tertiary alicyclic amines) is 1. The molecule has 2 aromatic rings. The minimum atomic E-state index is -0.302. The number of benzene rings is 1. The van der Waals surface area contributed by atoms with E-state index in [4.69, 9.17) is 0 Å². The molecule has 0 aliphatic carbocycles. The topological polar surface area (TPSA) is 62.3 Å². The second kappa shape index (κ2) is 8.33. The van der Waals surface area contributed by atoms with E-state index in [2.05, 4.69) is 17.2 Å². The van der Waals surface area contributed by atoms with Crippen LogP contribution >= 0.6 is 0 Å². The molecule has 1 aliphatic heterocycles. The zero-order valence-electron chi connectivity index (χ0n) is 16.3. The number of nitrogens with one attached hydrogen (secondary N) is 1. The van der Waals surface area contributed by atoms with Crippen molar-refractivity contribution in [2.24, 2.45) is 0 Å². The zero-order valence-corrected chi connectivity index (χ0v) is 16.3. The first-order chi connectivity index (χ1) is 13.0. The van der Waals surface area contributed by atoms with Crippen molar-refractivity contribution in [3.05, 3.63) is 58.9 Å². The van der Waals surface area contributed by atoms with Crippen LogP contribution in [0.5, 0.6) is 0 Å². The van der Waals surface area contributed by atoms with Crippen molar-refractivity contribution < 1.29 is 9.59 Å². The van der Waals surface area contributed by atoms with E-state index >= 15 is 0 Å². The highest BCUT2D eigenvalue weighted by Gasteiger charge is 2.27. The summed E-state index contributed by atoms with van der Waals surface area (Å²) < 4.78 is 0. The lowest BCUT2D eigenvalue weighted by molar-refractivity contribution is 0.0602. The molecular formula is C22H27N3O2. The van der Waals surface area contributed by atoms with Crippen LogP contribution in [0.15, 0.2) is 36.4 Å². The minimum Gasteiger partial charge on any atom is -0.334 e. The van der Waals surface area contributed by atoms with Gasteiger partial charge in [0, 0.05) is 18.3 Å². The fourth-order valence-electron chi connectivity index (χ4n) is 3.59. The van der Waals surface area contributed by atoms with Crippen LogP contribution in [0.1, 0.15) is 64.7 Å². The lowest BCUT2D eigenvalue weighted by Crippen LogP contribution is -2.43. The quantitative estimate of drug-likeness (QED) is 0.876. The SMILES string of the molecule is CCC1CCCCN1C(=O)c1cccc(C(=O)Nc2cccc(C)c2C)n1. The van der Waals surface area contributed by atoms with Crippen LogP contribution < -0.4 is 5.32 Å². The smallest absolute Gasteiger partial charge is 0.274 e. The first-order valence-electron chi connectivity index (χ1n) is 9.67. The Morgan fingerprint density at radius 1 is 1.11 bits per heavy atom. The molecule has 5 heteroatoms. The Morgan fingerprint density at radius 3 is 2.63 bits per heavy atom. The van der Waals surface area contributed by atoms with Crippen LogP contribution in [0.25, 0.3) is 0 Å². The summed E-state index contributed by atoms with van der Waals surface area (Å²) in [5, 5.41) is 2.91. The Balaban J connectivity index is 1.79. The van der Waals surface area contributed by atoms with Crippen molar-refractivity contribution in [3.8, 4) is 0 Å². The maximum absolute atomic E-state index is 12.9. The fraction of sp³-hybridized carbons (Fsp3) is 0.409. The summed E-state index contributed by atoms with van der Waals surface area (Å²) in [5.41, 5.74) is 3.49. The van der Waals surface area contributed by atoms with Gasteiger partial charge in [-0.1, -0.05) is 25.1 Å². The number of aromatic nitrogens is 1. The van der Waals surface area contributed by atoms with Crippen molar-refractivity contribution >= 4 is 17.5 Å². The van der Waals surface area contributed by atoms with Gasteiger partial charge >= 0.3 is 0 Å². The number of nitrogens with zero attached hydrogens (tertiary/aromatic N) is 2. The maximum atomic E-state index is 12.9. The summed E-state index contributed by atoms with van der Waals surface area (Å²) in [6.07, 6.45) is 4.16. The summed E-state index contributed by atoms with van der Waals surface area (Å²) in [7, 11) is 0. The summed E-state index contributed by atoms with van der Waals surface area (Å²) in [5.74, 6) is -0.382. The van der Waals surface area contributed by atoms with Crippen LogP contribution in [-0.2, 0) is 0 Å². The van der Waals surface area contributed by atoms with Gasteiger partial charge in [0.25, 0.3) is 11.8 Å². The summed E-state index contributed by atoms with van der Waals surface area (Å²) in [6, 6.07) is 11.1. The van der Waals surface area contributed by atoms with Crippen LogP contribution in [0.3, 0.4) is 0 Å². The van der Waals surface area contributed by atoms with E-state index in [1.54, 1.807) is 18.2 Å². The van der Waals surface area contributed by atoms with Crippen LogP contribution in [0.4, 0.5) is 5.69 Å². The van der Waals surface area contributed by atoms with E-state index < -0.39 is 0 Å². The molecule has 1 aromatic carbocycles. The van der Waals surface area contributed by atoms with Crippen molar-refractivity contribution in [1.82, 2.24) is 9.88 Å². The van der Waals surface area contributed by atoms with E-state index in [-0.39, 0.29) is 23.6 Å². The Morgan fingerprint density at radius 2 is 1.85 bits per heavy atom. The molecule has 0 saturated carbocycles. The predicted molar refractivity (Wildman–Crippen MR) is 107 cm³/mol. The van der Waals surface area contributed by atoms with Crippen molar-refractivity contribution in [3.63, 3.8) is 0 Å². The Labute approximate surface area is 160 Å². The number of carbonyl (C=O) groups excluding carboxylic acids is 2. The van der Waals surface area contributed by atoms with Crippen LogP contribution in [0, 0.1) is 13.8 Å². The largest absolute Gasteiger partial charge is 0.334 e. The first kappa shape index (κ1) is 19.1. The third-order valence-electron chi connectivity index (χ3n) is 5.41. The molecule has 1 aromatic heterocycles. The third-order valence-corrected chi connectivity index (χ3v) is 5.41. The van der Waals surface area contributed by atoms with E-state index in [0.29, 0.717) is 5.69 Å². The van der Waals surface area contributed by atoms with E-state index in [1.165, 1.54) is 0 Å². The predicted octanol–water partition coefficient (Wildman–Crippen LogP) is 4.36. The number of carbonyl (C=O) groups is 2. The van der Waals surface area contributed by atoms with Crippen LogP contribution in [-0.4, -0.2) is 34.3 Å². The van der Waals surface area contributed by atoms with Gasteiger partial charge in [-0.05, 0) is 68.9 Å². The van der Waals surface area contributed by atoms with Gasteiger partial charge < -0.3 is 10.2 Å². The second-order valence-electron chi connectivity index (χ2n) is 7.17. The number of pyridine rings is 1. The average molecular weight is 365 g/mol. The number of piperidine rings is 1. The number of hydrogen-bond acceptors (Lipinski definition) is 3. The highest BCUT2D eigenvalue weighted by Crippen LogP contribution is 2.22.